The van der Waals surface area contributed by atoms with Crippen LogP contribution < -0.4 is 5.32 Å². The molecule has 1 N–H and O–H groups in total. The van der Waals surface area contributed by atoms with E-state index in [1.165, 1.54) is 42.8 Å². The van der Waals surface area contributed by atoms with Gasteiger partial charge in [0.2, 0.25) is 0 Å². The molecule has 1 aromatic heterocycles. The van der Waals surface area contributed by atoms with E-state index in [9.17, 15) is 0 Å². The molecule has 0 atom stereocenters. The third-order valence-electron chi connectivity index (χ3n) is 4.50. The molecule has 1 fully saturated rings. The van der Waals surface area contributed by atoms with Crippen LogP contribution in [-0.2, 0) is 12.0 Å². The number of hydrogen-bond donors (Lipinski definition) is 1. The first-order valence-electron chi connectivity index (χ1n) is 8.46. The van der Waals surface area contributed by atoms with E-state index >= 15 is 0 Å². The molecule has 1 heterocycles. The Bertz CT molecular complexity index is 436. The van der Waals surface area contributed by atoms with Gasteiger partial charge in [-0.3, -0.25) is 0 Å². The highest BCUT2D eigenvalue weighted by Crippen LogP contribution is 2.42. The first kappa shape index (κ1) is 17.0. The number of rotatable bonds is 6. The summed E-state index contributed by atoms with van der Waals surface area (Å²) in [6, 6.07) is 0. The summed E-state index contributed by atoms with van der Waals surface area (Å²) < 4.78 is 0. The van der Waals surface area contributed by atoms with E-state index in [4.69, 9.17) is 4.98 Å². The molecular weight excluding hydrogens is 276 g/mol. The SMILES string of the molecule is CC(C)CC1(CNCc2csc(C(C)(C)C)n2)CCCC1. The van der Waals surface area contributed by atoms with Crippen LogP contribution in [0.25, 0.3) is 0 Å². The van der Waals surface area contributed by atoms with Crippen LogP contribution in [0.5, 0.6) is 0 Å². The Balaban J connectivity index is 1.86. The van der Waals surface area contributed by atoms with Crippen molar-refractivity contribution in [1.29, 1.82) is 0 Å². The summed E-state index contributed by atoms with van der Waals surface area (Å²) in [5.41, 5.74) is 1.94. The molecule has 0 bridgehead atoms. The van der Waals surface area contributed by atoms with Gasteiger partial charge in [0.1, 0.15) is 0 Å². The Kier molecular flexibility index (Phi) is 5.48. The van der Waals surface area contributed by atoms with E-state index in [1.807, 2.05) is 0 Å². The van der Waals surface area contributed by atoms with Crippen LogP contribution in [0.4, 0.5) is 0 Å². The van der Waals surface area contributed by atoms with Crippen LogP contribution in [0.3, 0.4) is 0 Å². The lowest BCUT2D eigenvalue weighted by molar-refractivity contribution is 0.223. The molecule has 1 aromatic rings. The topological polar surface area (TPSA) is 24.9 Å². The molecule has 2 nitrogen and oxygen atoms in total. The Morgan fingerprint density at radius 3 is 2.48 bits per heavy atom. The van der Waals surface area contributed by atoms with Crippen LogP contribution in [0.1, 0.15) is 77.4 Å². The minimum absolute atomic E-state index is 0.174. The van der Waals surface area contributed by atoms with Gasteiger partial charge in [-0.25, -0.2) is 4.98 Å². The molecule has 1 saturated carbocycles. The highest BCUT2D eigenvalue weighted by atomic mass is 32.1. The normalized spacial score (nSPS) is 18.6. The molecule has 0 unspecified atom stereocenters. The molecule has 0 aromatic carbocycles. The first-order valence-corrected chi connectivity index (χ1v) is 9.34. The van der Waals surface area contributed by atoms with Gasteiger partial charge in [-0.1, -0.05) is 47.5 Å². The van der Waals surface area contributed by atoms with Gasteiger partial charge in [0, 0.05) is 23.9 Å². The fourth-order valence-electron chi connectivity index (χ4n) is 3.63. The lowest BCUT2D eigenvalue weighted by atomic mass is 9.78. The van der Waals surface area contributed by atoms with Gasteiger partial charge in [-0.05, 0) is 30.6 Å². The minimum Gasteiger partial charge on any atom is -0.311 e. The Morgan fingerprint density at radius 1 is 1.29 bits per heavy atom. The van der Waals surface area contributed by atoms with Crippen LogP contribution in [0.15, 0.2) is 5.38 Å². The highest BCUT2D eigenvalue weighted by Gasteiger charge is 2.33. The molecule has 0 spiro atoms. The molecule has 0 aliphatic heterocycles. The minimum atomic E-state index is 0.174. The summed E-state index contributed by atoms with van der Waals surface area (Å²) in [5, 5.41) is 7.17. The van der Waals surface area contributed by atoms with Crippen molar-refractivity contribution in [3.8, 4) is 0 Å². The predicted octanol–water partition coefficient (Wildman–Crippen LogP) is 5.14. The van der Waals surface area contributed by atoms with E-state index in [-0.39, 0.29) is 5.41 Å². The fourth-order valence-corrected chi connectivity index (χ4v) is 4.54. The van der Waals surface area contributed by atoms with Gasteiger partial charge in [0.15, 0.2) is 0 Å². The number of nitrogens with one attached hydrogen (secondary N) is 1. The zero-order chi connectivity index (χ0) is 15.5. The number of aromatic nitrogens is 1. The second-order valence-electron chi connectivity index (χ2n) is 8.30. The van der Waals surface area contributed by atoms with Gasteiger partial charge in [-0.2, -0.15) is 0 Å². The lowest BCUT2D eigenvalue weighted by Gasteiger charge is -2.31. The Labute approximate surface area is 134 Å². The Hall–Kier alpha value is -0.410. The fraction of sp³-hybridized carbons (Fsp3) is 0.833. The average molecular weight is 309 g/mol. The molecule has 3 heteroatoms. The molecule has 1 aliphatic carbocycles. The third kappa shape index (κ3) is 4.79. The monoisotopic (exact) mass is 308 g/mol. The second-order valence-corrected chi connectivity index (χ2v) is 9.16. The van der Waals surface area contributed by atoms with Crippen molar-refractivity contribution in [3.63, 3.8) is 0 Å². The summed E-state index contributed by atoms with van der Waals surface area (Å²) >= 11 is 1.80. The van der Waals surface area contributed by atoms with Crippen LogP contribution in [-0.4, -0.2) is 11.5 Å². The summed E-state index contributed by atoms with van der Waals surface area (Å²) in [5.74, 6) is 0.802. The maximum Gasteiger partial charge on any atom is 0.0982 e. The second kappa shape index (κ2) is 6.78. The maximum atomic E-state index is 4.79. The van der Waals surface area contributed by atoms with E-state index in [2.05, 4.69) is 45.3 Å². The van der Waals surface area contributed by atoms with Crippen molar-refractivity contribution in [3.05, 3.63) is 16.1 Å². The molecule has 0 amide bonds. The van der Waals surface area contributed by atoms with E-state index in [0.29, 0.717) is 5.41 Å². The molecule has 120 valence electrons. The number of hydrogen-bond acceptors (Lipinski definition) is 3. The molecule has 0 radical (unpaired) electrons. The van der Waals surface area contributed by atoms with Crippen LogP contribution >= 0.6 is 11.3 Å². The first-order chi connectivity index (χ1) is 9.81. The average Bonchev–Trinajstić information content (AvgIpc) is 2.97. The lowest BCUT2D eigenvalue weighted by Crippen LogP contribution is -2.33. The van der Waals surface area contributed by atoms with Crippen molar-refractivity contribution in [1.82, 2.24) is 10.3 Å². The third-order valence-corrected chi connectivity index (χ3v) is 5.82. The van der Waals surface area contributed by atoms with Gasteiger partial charge in [0.05, 0.1) is 10.7 Å². The highest BCUT2D eigenvalue weighted by molar-refractivity contribution is 7.09. The van der Waals surface area contributed by atoms with E-state index in [0.717, 1.165) is 19.0 Å². The summed E-state index contributed by atoms with van der Waals surface area (Å²) in [6.07, 6.45) is 7.01. The van der Waals surface area contributed by atoms with Crippen molar-refractivity contribution >= 4 is 11.3 Å². The van der Waals surface area contributed by atoms with Crippen LogP contribution in [0.2, 0.25) is 0 Å². The van der Waals surface area contributed by atoms with Gasteiger partial charge >= 0.3 is 0 Å². The van der Waals surface area contributed by atoms with Crippen molar-refractivity contribution in [2.45, 2.75) is 78.7 Å². The zero-order valence-electron chi connectivity index (χ0n) is 14.5. The van der Waals surface area contributed by atoms with Gasteiger partial charge in [0.25, 0.3) is 0 Å². The van der Waals surface area contributed by atoms with Crippen molar-refractivity contribution < 1.29 is 0 Å². The maximum absolute atomic E-state index is 4.79. The number of nitrogens with zero attached hydrogens (tertiary/aromatic N) is 1. The van der Waals surface area contributed by atoms with E-state index in [1.54, 1.807) is 11.3 Å². The summed E-state index contributed by atoms with van der Waals surface area (Å²) in [4.78, 5) is 4.79. The molecule has 21 heavy (non-hydrogen) atoms. The molecule has 2 rings (SSSR count). The van der Waals surface area contributed by atoms with E-state index < -0.39 is 0 Å². The Morgan fingerprint density at radius 2 is 1.95 bits per heavy atom. The summed E-state index contributed by atoms with van der Waals surface area (Å²) in [7, 11) is 0. The van der Waals surface area contributed by atoms with Crippen molar-refractivity contribution in [2.24, 2.45) is 11.3 Å². The molecule has 1 aliphatic rings. The standard InChI is InChI=1S/C18H32N2S/c1-14(2)10-18(8-6-7-9-18)13-19-11-15-12-21-16(20-15)17(3,4)5/h12,14,19H,6-11,13H2,1-5H3. The smallest absolute Gasteiger partial charge is 0.0982 e. The van der Waals surface area contributed by atoms with Gasteiger partial charge < -0.3 is 5.32 Å². The zero-order valence-corrected chi connectivity index (χ0v) is 15.3. The summed E-state index contributed by atoms with van der Waals surface area (Å²) in [6.45, 7) is 13.5. The molecular formula is C18H32N2S. The van der Waals surface area contributed by atoms with Crippen molar-refractivity contribution in [2.75, 3.05) is 6.54 Å². The van der Waals surface area contributed by atoms with Gasteiger partial charge in [-0.15, -0.1) is 11.3 Å². The predicted molar refractivity (Wildman–Crippen MR) is 92.9 cm³/mol. The molecule has 0 saturated heterocycles. The number of thiazole rings is 1. The largest absolute Gasteiger partial charge is 0.311 e. The quantitative estimate of drug-likeness (QED) is 0.787. The van der Waals surface area contributed by atoms with Crippen LogP contribution in [0, 0.1) is 11.3 Å².